The van der Waals surface area contributed by atoms with Crippen LogP contribution in [0.4, 0.5) is 0 Å². The summed E-state index contributed by atoms with van der Waals surface area (Å²) < 4.78 is 0. The number of carbonyl (C=O) groups is 1. The maximum Gasteiger partial charge on any atom is 0.136 e. The number of hydrogen-bond acceptors (Lipinski definition) is 1. The van der Waals surface area contributed by atoms with Crippen molar-refractivity contribution >= 4 is 5.78 Å². The highest BCUT2D eigenvalue weighted by Crippen LogP contribution is 2.32. The van der Waals surface area contributed by atoms with Crippen LogP contribution >= 0.6 is 0 Å². The number of fused-ring (bicyclic) bond motifs is 1. The van der Waals surface area contributed by atoms with Crippen LogP contribution in [0.15, 0.2) is 12.2 Å². The first-order chi connectivity index (χ1) is 6.38. The summed E-state index contributed by atoms with van der Waals surface area (Å²) in [7, 11) is 0. The molecule has 13 heavy (non-hydrogen) atoms. The van der Waals surface area contributed by atoms with E-state index in [-0.39, 0.29) is 0 Å². The van der Waals surface area contributed by atoms with Crippen molar-refractivity contribution in [3.8, 4) is 0 Å². The lowest BCUT2D eigenvalue weighted by atomic mass is 9.76. The van der Waals surface area contributed by atoms with Crippen LogP contribution in [-0.2, 0) is 4.79 Å². The molecule has 2 rings (SSSR count). The second kappa shape index (κ2) is 4.08. The smallest absolute Gasteiger partial charge is 0.136 e. The molecule has 0 aliphatic heterocycles. The molecule has 1 saturated carbocycles. The van der Waals surface area contributed by atoms with E-state index in [1.165, 1.54) is 19.3 Å². The van der Waals surface area contributed by atoms with Gasteiger partial charge in [-0.1, -0.05) is 25.0 Å². The SMILES string of the molecule is O=C1CCCCC[C@H]2C=CCCC12. The van der Waals surface area contributed by atoms with Gasteiger partial charge in [-0.25, -0.2) is 0 Å². The Labute approximate surface area is 80.2 Å². The van der Waals surface area contributed by atoms with Crippen LogP contribution in [0.5, 0.6) is 0 Å². The van der Waals surface area contributed by atoms with Crippen LogP contribution in [-0.4, -0.2) is 5.78 Å². The molecule has 0 amide bonds. The van der Waals surface area contributed by atoms with Gasteiger partial charge < -0.3 is 0 Å². The molecule has 0 radical (unpaired) electrons. The molecule has 1 nitrogen and oxygen atoms in total. The minimum atomic E-state index is 0.380. The molecule has 1 unspecified atom stereocenters. The van der Waals surface area contributed by atoms with Crippen LogP contribution in [0.3, 0.4) is 0 Å². The van der Waals surface area contributed by atoms with Gasteiger partial charge in [-0.3, -0.25) is 4.79 Å². The maximum atomic E-state index is 11.8. The summed E-state index contributed by atoms with van der Waals surface area (Å²) in [5.74, 6) is 1.50. The molecular weight excluding hydrogens is 160 g/mol. The van der Waals surface area contributed by atoms with Gasteiger partial charge in [0, 0.05) is 12.3 Å². The van der Waals surface area contributed by atoms with Gasteiger partial charge in [0.15, 0.2) is 0 Å². The van der Waals surface area contributed by atoms with E-state index in [4.69, 9.17) is 0 Å². The van der Waals surface area contributed by atoms with Gasteiger partial charge in [0.2, 0.25) is 0 Å². The Morgan fingerprint density at radius 3 is 3.00 bits per heavy atom. The number of hydrogen-bond donors (Lipinski definition) is 0. The first-order valence-corrected chi connectivity index (χ1v) is 5.57. The summed E-state index contributed by atoms with van der Waals surface area (Å²) in [5.41, 5.74) is 0. The quantitative estimate of drug-likeness (QED) is 0.521. The molecule has 2 aliphatic rings. The van der Waals surface area contributed by atoms with Crippen LogP contribution in [0, 0.1) is 11.8 Å². The Balaban J connectivity index is 2.09. The molecule has 2 aliphatic carbocycles. The van der Waals surface area contributed by atoms with Gasteiger partial charge in [0.25, 0.3) is 0 Å². The highest BCUT2D eigenvalue weighted by molar-refractivity contribution is 5.81. The van der Waals surface area contributed by atoms with E-state index >= 15 is 0 Å². The summed E-state index contributed by atoms with van der Waals surface area (Å²) in [6.07, 6.45) is 12.6. The summed E-state index contributed by atoms with van der Waals surface area (Å²) in [4.78, 5) is 11.8. The second-order valence-corrected chi connectivity index (χ2v) is 4.34. The van der Waals surface area contributed by atoms with Gasteiger partial charge in [0.1, 0.15) is 5.78 Å². The van der Waals surface area contributed by atoms with Gasteiger partial charge in [0.05, 0.1) is 0 Å². The number of rotatable bonds is 0. The van der Waals surface area contributed by atoms with Crippen LogP contribution in [0.1, 0.15) is 44.9 Å². The van der Waals surface area contributed by atoms with Crippen molar-refractivity contribution in [1.29, 1.82) is 0 Å². The van der Waals surface area contributed by atoms with E-state index < -0.39 is 0 Å². The fourth-order valence-corrected chi connectivity index (χ4v) is 2.63. The molecule has 1 fully saturated rings. The molecule has 0 spiro atoms. The van der Waals surface area contributed by atoms with Gasteiger partial charge in [-0.2, -0.15) is 0 Å². The topological polar surface area (TPSA) is 17.1 Å². The molecule has 0 N–H and O–H groups in total. The molecule has 0 aromatic carbocycles. The maximum absolute atomic E-state index is 11.8. The Morgan fingerprint density at radius 1 is 1.15 bits per heavy atom. The number of carbonyl (C=O) groups excluding carboxylic acids is 1. The second-order valence-electron chi connectivity index (χ2n) is 4.34. The molecule has 0 saturated heterocycles. The molecule has 2 atom stereocenters. The highest BCUT2D eigenvalue weighted by atomic mass is 16.1. The van der Waals surface area contributed by atoms with Crippen LogP contribution in [0.2, 0.25) is 0 Å². The van der Waals surface area contributed by atoms with E-state index in [0.717, 1.165) is 25.7 Å². The van der Waals surface area contributed by atoms with Gasteiger partial charge >= 0.3 is 0 Å². The fourth-order valence-electron chi connectivity index (χ4n) is 2.63. The summed E-state index contributed by atoms with van der Waals surface area (Å²) in [5, 5.41) is 0. The average Bonchev–Trinajstić information content (AvgIpc) is 2.14. The summed E-state index contributed by atoms with van der Waals surface area (Å²) >= 11 is 0. The standard InChI is InChI=1S/C12H18O/c13-12-9-3-1-2-6-10-7-4-5-8-11(10)12/h4,7,10-11H,1-3,5-6,8-9H2/t10-,11?/m0/s1. The van der Waals surface area contributed by atoms with Crippen LogP contribution < -0.4 is 0 Å². The third-order valence-electron chi connectivity index (χ3n) is 3.42. The van der Waals surface area contributed by atoms with Crippen LogP contribution in [0.25, 0.3) is 0 Å². The Bertz CT molecular complexity index is 217. The van der Waals surface area contributed by atoms with Crippen molar-refractivity contribution in [2.45, 2.75) is 44.9 Å². The number of Topliss-reactive ketones (excluding diaryl/α,β-unsaturated/α-hetero) is 1. The summed E-state index contributed by atoms with van der Waals surface area (Å²) in [6, 6.07) is 0. The molecule has 0 aromatic rings. The van der Waals surface area contributed by atoms with Crippen molar-refractivity contribution in [3.05, 3.63) is 12.2 Å². The predicted octanol–water partition coefficient (Wildman–Crippen LogP) is 3.10. The van der Waals surface area contributed by atoms with Crippen molar-refractivity contribution < 1.29 is 4.79 Å². The average molecular weight is 178 g/mol. The first kappa shape index (κ1) is 8.98. The van der Waals surface area contributed by atoms with E-state index in [2.05, 4.69) is 12.2 Å². The molecule has 0 heterocycles. The Hall–Kier alpha value is -0.590. The Kier molecular flexibility index (Phi) is 2.82. The van der Waals surface area contributed by atoms with Gasteiger partial charge in [-0.15, -0.1) is 0 Å². The molecule has 0 bridgehead atoms. The largest absolute Gasteiger partial charge is 0.299 e. The van der Waals surface area contributed by atoms with Crippen molar-refractivity contribution in [2.24, 2.45) is 11.8 Å². The van der Waals surface area contributed by atoms with E-state index in [0.29, 0.717) is 17.6 Å². The lowest BCUT2D eigenvalue weighted by Gasteiger charge is -2.28. The lowest BCUT2D eigenvalue weighted by molar-refractivity contribution is -0.124. The zero-order valence-corrected chi connectivity index (χ0v) is 8.17. The lowest BCUT2D eigenvalue weighted by Crippen LogP contribution is -2.26. The highest BCUT2D eigenvalue weighted by Gasteiger charge is 2.28. The third kappa shape index (κ3) is 2.01. The third-order valence-corrected chi connectivity index (χ3v) is 3.42. The normalized spacial score (nSPS) is 34.9. The first-order valence-electron chi connectivity index (χ1n) is 5.57. The minimum absolute atomic E-state index is 0.380. The molecule has 1 heteroatoms. The monoisotopic (exact) mass is 178 g/mol. The Morgan fingerprint density at radius 2 is 2.08 bits per heavy atom. The fraction of sp³-hybridized carbons (Fsp3) is 0.750. The van der Waals surface area contributed by atoms with E-state index in [9.17, 15) is 4.79 Å². The number of ketones is 1. The van der Waals surface area contributed by atoms with Crippen molar-refractivity contribution in [3.63, 3.8) is 0 Å². The zero-order chi connectivity index (χ0) is 9.10. The number of allylic oxidation sites excluding steroid dienone is 2. The minimum Gasteiger partial charge on any atom is -0.299 e. The molecular formula is C12H18O. The summed E-state index contributed by atoms with van der Waals surface area (Å²) in [6.45, 7) is 0. The zero-order valence-electron chi connectivity index (χ0n) is 8.17. The van der Waals surface area contributed by atoms with E-state index in [1.807, 2.05) is 0 Å². The van der Waals surface area contributed by atoms with Crippen molar-refractivity contribution in [2.75, 3.05) is 0 Å². The molecule has 72 valence electrons. The van der Waals surface area contributed by atoms with E-state index in [1.54, 1.807) is 0 Å². The van der Waals surface area contributed by atoms with Gasteiger partial charge in [-0.05, 0) is 31.6 Å². The molecule has 0 aromatic heterocycles. The predicted molar refractivity (Wildman–Crippen MR) is 53.4 cm³/mol. The van der Waals surface area contributed by atoms with Crippen molar-refractivity contribution in [1.82, 2.24) is 0 Å².